The fraction of sp³-hybridized carbons (Fsp3) is 0.200. The smallest absolute Gasteiger partial charge is 0.164 e. The Morgan fingerprint density at radius 1 is 1.10 bits per heavy atom. The molecule has 3 rings (SSSR count). The van der Waals surface area contributed by atoms with Crippen LogP contribution in [-0.4, -0.2) is 14.5 Å². The van der Waals surface area contributed by atoms with E-state index in [1.807, 2.05) is 36.6 Å². The first-order valence-corrected chi connectivity index (χ1v) is 7.60. The zero-order valence-corrected chi connectivity index (χ0v) is 13.7. The number of hydrogen-bond acceptors (Lipinski definition) is 2. The Labute approximate surface area is 137 Å². The lowest BCUT2D eigenvalue weighted by molar-refractivity contribution is 0.877. The summed E-state index contributed by atoms with van der Waals surface area (Å²) in [5, 5.41) is 0.844. The van der Waals surface area contributed by atoms with Gasteiger partial charge in [0.25, 0.3) is 0 Å². The maximum atomic E-state index is 6.27. The molecule has 1 unspecified atom stereocenters. The molecule has 2 heterocycles. The lowest BCUT2D eigenvalue weighted by Crippen LogP contribution is -2.02. The van der Waals surface area contributed by atoms with Crippen LogP contribution in [0.4, 0.5) is 0 Å². The Hall–Kier alpha value is -1.29. The van der Waals surface area contributed by atoms with Crippen molar-refractivity contribution in [1.82, 2.24) is 14.5 Å². The average Bonchev–Trinajstić information content (AvgIpc) is 2.76. The average molecular weight is 341 g/mol. The van der Waals surface area contributed by atoms with Gasteiger partial charge in [0.2, 0.25) is 0 Å². The van der Waals surface area contributed by atoms with Gasteiger partial charge in [-0.05, 0) is 43.7 Å². The van der Waals surface area contributed by atoms with E-state index in [1.165, 1.54) is 0 Å². The van der Waals surface area contributed by atoms with Crippen LogP contribution in [0.25, 0.3) is 16.9 Å². The highest BCUT2D eigenvalue weighted by Crippen LogP contribution is 2.30. The van der Waals surface area contributed by atoms with Crippen molar-refractivity contribution in [3.63, 3.8) is 0 Å². The zero-order chi connectivity index (χ0) is 15.1. The van der Waals surface area contributed by atoms with Gasteiger partial charge in [0.1, 0.15) is 11.3 Å². The number of halogens is 3. The second kappa shape index (κ2) is 5.48. The van der Waals surface area contributed by atoms with Crippen LogP contribution in [0, 0.1) is 6.92 Å². The minimum atomic E-state index is -0.266. The predicted molar refractivity (Wildman–Crippen MR) is 87.9 cm³/mol. The van der Waals surface area contributed by atoms with Crippen LogP contribution >= 0.6 is 34.8 Å². The molecule has 0 saturated carbocycles. The molecule has 0 aliphatic rings. The van der Waals surface area contributed by atoms with E-state index in [2.05, 4.69) is 9.97 Å². The number of aryl methyl sites for hydroxylation is 1. The molecule has 0 N–H and O–H groups in total. The van der Waals surface area contributed by atoms with Crippen molar-refractivity contribution in [3.8, 4) is 5.69 Å². The molecule has 0 aliphatic heterocycles. The maximum Gasteiger partial charge on any atom is 0.164 e. The normalized spacial score (nSPS) is 12.8. The highest BCUT2D eigenvalue weighted by molar-refractivity contribution is 6.34. The molecule has 1 aromatic carbocycles. The fourth-order valence-electron chi connectivity index (χ4n) is 2.27. The standard InChI is InChI=1S/C15H12Cl3N3/c1-8-3-13-15(19-7-8)21(14(20-13)9(2)16)12-5-10(17)4-11(18)6-12/h3-7,9H,1-2H3. The van der Waals surface area contributed by atoms with Crippen molar-refractivity contribution >= 4 is 46.0 Å². The van der Waals surface area contributed by atoms with Gasteiger partial charge in [-0.1, -0.05) is 23.2 Å². The van der Waals surface area contributed by atoms with Crippen LogP contribution in [0.2, 0.25) is 10.0 Å². The summed E-state index contributed by atoms with van der Waals surface area (Å²) in [6.07, 6.45) is 1.80. The van der Waals surface area contributed by atoms with Gasteiger partial charge in [0, 0.05) is 16.2 Å². The predicted octanol–water partition coefficient (Wildman–Crippen LogP) is 5.34. The summed E-state index contributed by atoms with van der Waals surface area (Å²) in [5.74, 6) is 0.711. The van der Waals surface area contributed by atoms with Gasteiger partial charge in [0.05, 0.1) is 11.1 Å². The van der Waals surface area contributed by atoms with Gasteiger partial charge in [-0.15, -0.1) is 11.6 Å². The number of nitrogens with zero attached hydrogens (tertiary/aromatic N) is 3. The number of imidazole rings is 1. The fourth-order valence-corrected chi connectivity index (χ4v) is 2.93. The quantitative estimate of drug-likeness (QED) is 0.590. The molecule has 1 atom stereocenters. The van der Waals surface area contributed by atoms with Crippen molar-refractivity contribution in [2.75, 3.05) is 0 Å². The molecule has 0 bridgehead atoms. The van der Waals surface area contributed by atoms with Crippen LogP contribution in [0.15, 0.2) is 30.5 Å². The second-order valence-corrected chi connectivity index (χ2v) is 6.43. The topological polar surface area (TPSA) is 30.7 Å². The molecule has 6 heteroatoms. The molecular weight excluding hydrogens is 329 g/mol. The molecule has 2 aromatic heterocycles. The van der Waals surface area contributed by atoms with Crippen molar-refractivity contribution in [2.24, 2.45) is 0 Å². The molecule has 108 valence electrons. The van der Waals surface area contributed by atoms with Crippen LogP contribution in [0.3, 0.4) is 0 Å². The Balaban J connectivity index is 2.36. The highest BCUT2D eigenvalue weighted by atomic mass is 35.5. The van der Waals surface area contributed by atoms with Crippen molar-refractivity contribution in [2.45, 2.75) is 19.2 Å². The van der Waals surface area contributed by atoms with E-state index in [9.17, 15) is 0 Å². The van der Waals surface area contributed by atoms with E-state index < -0.39 is 0 Å². The van der Waals surface area contributed by atoms with Crippen molar-refractivity contribution in [1.29, 1.82) is 0 Å². The van der Waals surface area contributed by atoms with Gasteiger partial charge >= 0.3 is 0 Å². The molecule has 0 saturated heterocycles. The molecule has 21 heavy (non-hydrogen) atoms. The highest BCUT2D eigenvalue weighted by Gasteiger charge is 2.18. The van der Waals surface area contributed by atoms with Gasteiger partial charge in [-0.2, -0.15) is 0 Å². The summed E-state index contributed by atoms with van der Waals surface area (Å²) >= 11 is 18.5. The third-order valence-corrected chi connectivity index (χ3v) is 3.75. The Morgan fingerprint density at radius 2 is 1.76 bits per heavy atom. The minimum absolute atomic E-state index is 0.266. The number of hydrogen-bond donors (Lipinski definition) is 0. The minimum Gasteiger partial charge on any atom is -0.279 e. The zero-order valence-electron chi connectivity index (χ0n) is 11.4. The lowest BCUT2D eigenvalue weighted by atomic mass is 10.3. The Kier molecular flexibility index (Phi) is 3.82. The number of benzene rings is 1. The number of aromatic nitrogens is 3. The first-order chi connectivity index (χ1) is 9.95. The van der Waals surface area contributed by atoms with Gasteiger partial charge in [-0.3, -0.25) is 4.57 Å². The SMILES string of the molecule is Cc1cnc2c(c1)nc(C(C)Cl)n2-c1cc(Cl)cc(Cl)c1. The van der Waals surface area contributed by atoms with E-state index in [4.69, 9.17) is 34.8 Å². The van der Waals surface area contributed by atoms with Gasteiger partial charge in [0.15, 0.2) is 5.65 Å². The van der Waals surface area contributed by atoms with Crippen molar-refractivity contribution in [3.05, 3.63) is 51.9 Å². The number of alkyl halides is 1. The van der Waals surface area contributed by atoms with E-state index in [-0.39, 0.29) is 5.38 Å². The Morgan fingerprint density at radius 3 is 2.38 bits per heavy atom. The van der Waals surface area contributed by atoms with Crippen LogP contribution in [-0.2, 0) is 0 Å². The summed E-state index contributed by atoms with van der Waals surface area (Å²) < 4.78 is 1.89. The van der Waals surface area contributed by atoms with E-state index in [0.717, 1.165) is 22.4 Å². The summed E-state index contributed by atoms with van der Waals surface area (Å²) in [7, 11) is 0. The first-order valence-electron chi connectivity index (χ1n) is 6.41. The van der Waals surface area contributed by atoms with Crippen LogP contribution in [0.1, 0.15) is 23.7 Å². The summed E-state index contributed by atoms with van der Waals surface area (Å²) in [4.78, 5) is 9.07. The third-order valence-electron chi connectivity index (χ3n) is 3.12. The number of rotatable bonds is 2. The summed E-state index contributed by atoms with van der Waals surface area (Å²) in [5.41, 5.74) is 3.38. The molecule has 0 fully saturated rings. The molecule has 0 spiro atoms. The second-order valence-electron chi connectivity index (χ2n) is 4.90. The van der Waals surface area contributed by atoms with Gasteiger partial charge < -0.3 is 0 Å². The van der Waals surface area contributed by atoms with Crippen molar-refractivity contribution < 1.29 is 0 Å². The molecule has 0 aliphatic carbocycles. The van der Waals surface area contributed by atoms with E-state index >= 15 is 0 Å². The third kappa shape index (κ3) is 2.73. The molecule has 3 aromatic rings. The molecule has 0 radical (unpaired) electrons. The molecular formula is C15H12Cl3N3. The molecule has 0 amide bonds. The lowest BCUT2D eigenvalue weighted by Gasteiger charge is -2.11. The van der Waals surface area contributed by atoms with E-state index in [0.29, 0.717) is 15.9 Å². The largest absolute Gasteiger partial charge is 0.279 e. The van der Waals surface area contributed by atoms with Crippen LogP contribution in [0.5, 0.6) is 0 Å². The van der Waals surface area contributed by atoms with Gasteiger partial charge in [-0.25, -0.2) is 9.97 Å². The Bertz CT molecular complexity index is 804. The van der Waals surface area contributed by atoms with E-state index in [1.54, 1.807) is 12.3 Å². The number of pyridine rings is 1. The first kappa shape index (κ1) is 14.6. The molecule has 3 nitrogen and oxygen atoms in total. The number of fused-ring (bicyclic) bond motifs is 1. The monoisotopic (exact) mass is 339 g/mol. The van der Waals surface area contributed by atoms with Crippen LogP contribution < -0.4 is 0 Å². The summed E-state index contributed by atoms with van der Waals surface area (Å²) in [6, 6.07) is 7.30. The maximum absolute atomic E-state index is 6.27. The summed E-state index contributed by atoms with van der Waals surface area (Å²) in [6.45, 7) is 3.85.